The van der Waals surface area contributed by atoms with Crippen LogP contribution in [0, 0.1) is 12.8 Å². The SMILES string of the molecule is COc1ccc(C2C(C(=O)OCC(N)=O)CCC(=O)N2c2ccc(C)cc2)cc1OC. The molecular weight excluding hydrogens is 400 g/mol. The van der Waals surface area contributed by atoms with Crippen molar-refractivity contribution < 1.29 is 28.6 Å². The van der Waals surface area contributed by atoms with Crippen molar-refractivity contribution in [2.24, 2.45) is 11.7 Å². The van der Waals surface area contributed by atoms with Crippen molar-refractivity contribution in [3.8, 4) is 11.5 Å². The monoisotopic (exact) mass is 426 g/mol. The molecule has 1 fully saturated rings. The van der Waals surface area contributed by atoms with Crippen molar-refractivity contribution >= 4 is 23.5 Å². The van der Waals surface area contributed by atoms with E-state index in [1.807, 2.05) is 31.2 Å². The molecule has 2 aromatic rings. The lowest BCUT2D eigenvalue weighted by atomic mass is 9.83. The Balaban J connectivity index is 2.09. The fourth-order valence-corrected chi connectivity index (χ4v) is 3.82. The van der Waals surface area contributed by atoms with Crippen molar-refractivity contribution in [3.63, 3.8) is 0 Å². The number of aryl methyl sites for hydroxylation is 1. The van der Waals surface area contributed by atoms with Crippen molar-refractivity contribution in [3.05, 3.63) is 53.6 Å². The van der Waals surface area contributed by atoms with Gasteiger partial charge in [0.1, 0.15) is 0 Å². The van der Waals surface area contributed by atoms with Gasteiger partial charge in [0, 0.05) is 12.1 Å². The Morgan fingerprint density at radius 2 is 1.74 bits per heavy atom. The molecule has 0 spiro atoms. The topological polar surface area (TPSA) is 108 Å². The predicted molar refractivity (Wildman–Crippen MR) is 114 cm³/mol. The zero-order chi connectivity index (χ0) is 22.5. The van der Waals surface area contributed by atoms with E-state index in [2.05, 4.69) is 0 Å². The molecule has 31 heavy (non-hydrogen) atoms. The lowest BCUT2D eigenvalue weighted by Crippen LogP contribution is -2.46. The first-order valence-electron chi connectivity index (χ1n) is 9.91. The highest BCUT2D eigenvalue weighted by atomic mass is 16.5. The van der Waals surface area contributed by atoms with E-state index in [9.17, 15) is 14.4 Å². The molecule has 2 amide bonds. The van der Waals surface area contributed by atoms with E-state index in [4.69, 9.17) is 19.9 Å². The second-order valence-corrected chi connectivity index (χ2v) is 7.38. The number of methoxy groups -OCH3 is 2. The van der Waals surface area contributed by atoms with Gasteiger partial charge in [0.25, 0.3) is 5.91 Å². The minimum Gasteiger partial charge on any atom is -0.493 e. The number of piperidine rings is 1. The van der Waals surface area contributed by atoms with Gasteiger partial charge in [0.05, 0.1) is 26.2 Å². The zero-order valence-corrected chi connectivity index (χ0v) is 17.8. The van der Waals surface area contributed by atoms with Gasteiger partial charge < -0.3 is 24.8 Å². The number of anilines is 1. The van der Waals surface area contributed by atoms with Crippen molar-refractivity contribution in [2.75, 3.05) is 25.7 Å². The van der Waals surface area contributed by atoms with Crippen LogP contribution >= 0.6 is 0 Å². The van der Waals surface area contributed by atoms with Crippen molar-refractivity contribution in [1.29, 1.82) is 0 Å². The molecule has 0 bridgehead atoms. The normalized spacial score (nSPS) is 18.4. The summed E-state index contributed by atoms with van der Waals surface area (Å²) < 4.78 is 15.9. The van der Waals surface area contributed by atoms with Gasteiger partial charge in [-0.2, -0.15) is 0 Å². The molecule has 1 heterocycles. The Labute approximate surface area is 180 Å². The van der Waals surface area contributed by atoms with Gasteiger partial charge in [-0.1, -0.05) is 23.8 Å². The Morgan fingerprint density at radius 3 is 2.35 bits per heavy atom. The third-order valence-electron chi connectivity index (χ3n) is 5.32. The molecule has 1 aliphatic heterocycles. The maximum atomic E-state index is 13.0. The molecule has 1 aliphatic rings. The number of ether oxygens (including phenoxy) is 3. The number of esters is 1. The van der Waals surface area contributed by atoms with E-state index >= 15 is 0 Å². The van der Waals surface area contributed by atoms with E-state index in [0.717, 1.165) is 5.56 Å². The van der Waals surface area contributed by atoms with Crippen molar-refractivity contribution in [1.82, 2.24) is 0 Å². The summed E-state index contributed by atoms with van der Waals surface area (Å²) in [6.45, 7) is 1.45. The van der Waals surface area contributed by atoms with Gasteiger partial charge in [0.2, 0.25) is 5.91 Å². The molecule has 1 saturated heterocycles. The van der Waals surface area contributed by atoms with Crippen LogP contribution in [0.15, 0.2) is 42.5 Å². The molecule has 0 aromatic heterocycles. The first kappa shape index (κ1) is 22.1. The van der Waals surface area contributed by atoms with Crippen molar-refractivity contribution in [2.45, 2.75) is 25.8 Å². The summed E-state index contributed by atoms with van der Waals surface area (Å²) in [4.78, 5) is 38.6. The largest absolute Gasteiger partial charge is 0.493 e. The maximum absolute atomic E-state index is 13.0. The quantitative estimate of drug-likeness (QED) is 0.682. The molecule has 8 nitrogen and oxygen atoms in total. The molecule has 0 saturated carbocycles. The van der Waals surface area contributed by atoms with Crippen LogP contribution in [0.5, 0.6) is 11.5 Å². The van der Waals surface area contributed by atoms with Crippen LogP contribution < -0.4 is 20.1 Å². The Kier molecular flexibility index (Phi) is 6.79. The first-order valence-corrected chi connectivity index (χ1v) is 9.91. The van der Waals surface area contributed by atoms with E-state index in [-0.39, 0.29) is 18.7 Å². The van der Waals surface area contributed by atoms with Crippen LogP contribution in [-0.4, -0.2) is 38.6 Å². The summed E-state index contributed by atoms with van der Waals surface area (Å²) >= 11 is 0. The molecule has 2 N–H and O–H groups in total. The minimum atomic E-state index is -0.738. The molecule has 0 radical (unpaired) electrons. The van der Waals surface area contributed by atoms with Gasteiger partial charge in [-0.3, -0.25) is 14.4 Å². The van der Waals surface area contributed by atoms with E-state index in [0.29, 0.717) is 22.7 Å². The zero-order valence-electron chi connectivity index (χ0n) is 17.8. The number of rotatable bonds is 7. The average molecular weight is 426 g/mol. The number of hydrogen-bond acceptors (Lipinski definition) is 6. The number of carbonyl (C=O) groups excluding carboxylic acids is 3. The molecule has 2 unspecified atom stereocenters. The lowest BCUT2D eigenvalue weighted by Gasteiger charge is -2.40. The third-order valence-corrected chi connectivity index (χ3v) is 5.32. The predicted octanol–water partition coefficient (Wildman–Crippen LogP) is 2.53. The number of nitrogens with two attached hydrogens (primary N) is 1. The summed E-state index contributed by atoms with van der Waals surface area (Å²) in [7, 11) is 3.05. The number of benzene rings is 2. The van der Waals surface area contributed by atoms with Gasteiger partial charge in [0.15, 0.2) is 18.1 Å². The summed E-state index contributed by atoms with van der Waals surface area (Å²) in [5, 5.41) is 0. The van der Waals surface area contributed by atoms with Gasteiger partial charge in [-0.05, 0) is 43.2 Å². The Hall–Kier alpha value is -3.55. The highest BCUT2D eigenvalue weighted by Crippen LogP contribution is 2.42. The summed E-state index contributed by atoms with van der Waals surface area (Å²) in [6, 6.07) is 12.1. The smallest absolute Gasteiger partial charge is 0.311 e. The maximum Gasteiger partial charge on any atom is 0.311 e. The second-order valence-electron chi connectivity index (χ2n) is 7.38. The number of hydrogen-bond donors (Lipinski definition) is 1. The van der Waals surface area contributed by atoms with E-state index in [1.165, 1.54) is 14.2 Å². The minimum absolute atomic E-state index is 0.109. The molecule has 8 heteroatoms. The third kappa shape index (κ3) is 4.79. The molecule has 2 atom stereocenters. The summed E-state index contributed by atoms with van der Waals surface area (Å²) in [5.41, 5.74) is 7.54. The van der Waals surface area contributed by atoms with Crippen LogP contribution in [0.3, 0.4) is 0 Å². The van der Waals surface area contributed by atoms with Crippen LogP contribution in [0.25, 0.3) is 0 Å². The fourth-order valence-electron chi connectivity index (χ4n) is 3.82. The molecular formula is C23H26N2O6. The summed E-state index contributed by atoms with van der Waals surface area (Å²) in [5.74, 6) is -1.10. The van der Waals surface area contributed by atoms with Gasteiger partial charge >= 0.3 is 5.97 Å². The van der Waals surface area contributed by atoms with Crippen LogP contribution in [0.4, 0.5) is 5.69 Å². The van der Waals surface area contributed by atoms with E-state index < -0.39 is 30.4 Å². The Bertz CT molecular complexity index is 973. The number of primary amides is 1. The lowest BCUT2D eigenvalue weighted by molar-refractivity contribution is -0.154. The van der Waals surface area contributed by atoms with Gasteiger partial charge in [-0.15, -0.1) is 0 Å². The van der Waals surface area contributed by atoms with Crippen LogP contribution in [-0.2, 0) is 19.1 Å². The van der Waals surface area contributed by atoms with E-state index in [1.54, 1.807) is 23.1 Å². The standard InChI is InChI=1S/C23H26N2O6/c1-14-4-7-16(8-5-14)25-21(27)11-9-17(23(28)31-13-20(24)26)22(25)15-6-10-18(29-2)19(12-15)30-3/h4-8,10,12,17,22H,9,11,13H2,1-3H3,(H2,24,26). The number of carbonyl (C=O) groups is 3. The highest BCUT2D eigenvalue weighted by molar-refractivity contribution is 5.97. The second kappa shape index (κ2) is 9.51. The number of nitrogens with zero attached hydrogens (tertiary/aromatic N) is 1. The first-order chi connectivity index (χ1) is 14.8. The summed E-state index contributed by atoms with van der Waals surface area (Å²) in [6.07, 6.45) is 0.464. The molecule has 3 rings (SSSR count). The van der Waals surface area contributed by atoms with Crippen LogP contribution in [0.2, 0.25) is 0 Å². The Morgan fingerprint density at radius 1 is 1.06 bits per heavy atom. The highest BCUT2D eigenvalue weighted by Gasteiger charge is 2.42. The van der Waals surface area contributed by atoms with Crippen LogP contribution in [0.1, 0.15) is 30.0 Å². The van der Waals surface area contributed by atoms with Gasteiger partial charge in [-0.25, -0.2) is 0 Å². The average Bonchev–Trinajstić information content (AvgIpc) is 2.77. The number of amides is 2. The molecule has 164 valence electrons. The molecule has 0 aliphatic carbocycles. The molecule has 2 aromatic carbocycles. The fraction of sp³-hybridized carbons (Fsp3) is 0.348.